The van der Waals surface area contributed by atoms with Crippen LogP contribution >= 0.6 is 0 Å². The van der Waals surface area contributed by atoms with Crippen LogP contribution in [0.1, 0.15) is 0 Å². The Morgan fingerprint density at radius 3 is 2.35 bits per heavy atom. The van der Waals surface area contributed by atoms with E-state index in [-0.39, 0.29) is 17.3 Å². The molecule has 4 rings (SSSR count). The summed E-state index contributed by atoms with van der Waals surface area (Å²) in [5.74, 6) is 4.50. The van der Waals surface area contributed by atoms with Gasteiger partial charge in [0.2, 0.25) is 0 Å². The highest BCUT2D eigenvalue weighted by molar-refractivity contribution is 5.91. The molecule has 0 radical (unpaired) electrons. The lowest BCUT2D eigenvalue weighted by Crippen LogP contribution is -2.08. The van der Waals surface area contributed by atoms with E-state index in [9.17, 15) is 8.78 Å². The first-order chi connectivity index (χ1) is 12.6. The smallest absolute Gasteiger partial charge is 0.148 e. The molecule has 0 spiro atoms. The summed E-state index contributed by atoms with van der Waals surface area (Å²) >= 11 is 0. The first kappa shape index (κ1) is 17.5. The first-order valence-corrected chi connectivity index (χ1v) is 7.86. The van der Waals surface area contributed by atoms with Gasteiger partial charge in [-0.15, -0.1) is 0 Å². The van der Waals surface area contributed by atoms with Crippen LogP contribution in [0.15, 0.2) is 60.9 Å². The Balaban J connectivity index is 0.000000151. The topological polar surface area (TPSA) is 75.9 Å². The first-order valence-electron chi connectivity index (χ1n) is 7.86. The number of halogens is 2. The number of benzene rings is 2. The van der Waals surface area contributed by atoms with Gasteiger partial charge in [-0.2, -0.15) is 0 Å². The van der Waals surface area contributed by atoms with Crippen LogP contribution in [0.5, 0.6) is 0 Å². The summed E-state index contributed by atoms with van der Waals surface area (Å²) < 4.78 is 26.4. The number of aromatic nitrogens is 2. The van der Waals surface area contributed by atoms with Crippen molar-refractivity contribution in [2.45, 2.75) is 0 Å². The maximum atomic E-state index is 13.2. The molecular weight excluding hydrogens is 336 g/mol. The van der Waals surface area contributed by atoms with Gasteiger partial charge in [0.1, 0.15) is 11.6 Å². The van der Waals surface area contributed by atoms with Crippen molar-refractivity contribution in [3.63, 3.8) is 0 Å². The fourth-order valence-corrected chi connectivity index (χ4v) is 2.58. The molecule has 0 fully saturated rings. The van der Waals surface area contributed by atoms with Crippen molar-refractivity contribution in [3.05, 3.63) is 72.6 Å². The molecule has 0 saturated carbocycles. The standard InChI is InChI=1S/C10H9FN2.C9H8FN3/c1-12-10-7-3-2-6-13-9(7)5-4-8(10)11;10-7-4-6-2-1-3-12-8(6)5-9(7)13-11/h2-6,12H,1H3;1-5,13H,11H2. The highest BCUT2D eigenvalue weighted by Gasteiger charge is 2.05. The number of anilines is 2. The summed E-state index contributed by atoms with van der Waals surface area (Å²) in [6, 6.07) is 13.3. The van der Waals surface area contributed by atoms with Gasteiger partial charge in [-0.1, -0.05) is 6.07 Å². The second-order valence-corrected chi connectivity index (χ2v) is 5.41. The van der Waals surface area contributed by atoms with E-state index >= 15 is 0 Å². The summed E-state index contributed by atoms with van der Waals surface area (Å²) in [6.07, 6.45) is 3.35. The molecule has 0 aliphatic rings. The summed E-state index contributed by atoms with van der Waals surface area (Å²) in [5.41, 5.74) is 4.55. The van der Waals surface area contributed by atoms with Crippen LogP contribution in [0, 0.1) is 11.6 Å². The Bertz CT molecular complexity index is 1050. The van der Waals surface area contributed by atoms with Crippen LogP contribution in [0.4, 0.5) is 20.2 Å². The molecule has 2 aromatic carbocycles. The van der Waals surface area contributed by atoms with E-state index in [2.05, 4.69) is 20.7 Å². The normalized spacial score (nSPS) is 10.3. The number of hydrazine groups is 1. The summed E-state index contributed by atoms with van der Waals surface area (Å²) in [4.78, 5) is 8.19. The number of nitrogens with zero attached hydrogens (tertiary/aromatic N) is 2. The lowest BCUT2D eigenvalue weighted by atomic mass is 10.2. The fraction of sp³-hybridized carbons (Fsp3) is 0.0526. The van der Waals surface area contributed by atoms with E-state index in [1.807, 2.05) is 6.07 Å². The Hall–Kier alpha value is -3.32. The van der Waals surface area contributed by atoms with Crippen LogP contribution < -0.4 is 16.6 Å². The van der Waals surface area contributed by atoms with E-state index in [4.69, 9.17) is 5.84 Å². The molecule has 4 N–H and O–H groups in total. The van der Waals surface area contributed by atoms with Gasteiger partial charge in [0.05, 0.1) is 22.4 Å². The molecule has 132 valence electrons. The van der Waals surface area contributed by atoms with Crippen LogP contribution in [0.25, 0.3) is 21.8 Å². The molecule has 7 heteroatoms. The average Bonchev–Trinajstić information content (AvgIpc) is 2.68. The number of rotatable bonds is 2. The van der Waals surface area contributed by atoms with Gasteiger partial charge < -0.3 is 10.7 Å². The van der Waals surface area contributed by atoms with Crippen molar-refractivity contribution in [1.29, 1.82) is 0 Å². The number of fused-ring (bicyclic) bond motifs is 2. The van der Waals surface area contributed by atoms with E-state index in [1.54, 1.807) is 49.8 Å². The molecule has 26 heavy (non-hydrogen) atoms. The molecule has 0 saturated heterocycles. The molecule has 0 unspecified atom stereocenters. The molecule has 5 nitrogen and oxygen atoms in total. The van der Waals surface area contributed by atoms with Gasteiger partial charge in [-0.25, -0.2) is 8.78 Å². The summed E-state index contributed by atoms with van der Waals surface area (Å²) in [5, 5.41) is 4.40. The largest absolute Gasteiger partial charge is 0.385 e. The van der Waals surface area contributed by atoms with E-state index in [0.29, 0.717) is 5.69 Å². The van der Waals surface area contributed by atoms with Gasteiger partial charge in [-0.05, 0) is 42.5 Å². The van der Waals surface area contributed by atoms with E-state index in [1.165, 1.54) is 12.1 Å². The van der Waals surface area contributed by atoms with Gasteiger partial charge in [-0.3, -0.25) is 15.8 Å². The van der Waals surface area contributed by atoms with Gasteiger partial charge in [0, 0.05) is 30.2 Å². The number of nitrogens with one attached hydrogen (secondary N) is 2. The average molecular weight is 353 g/mol. The van der Waals surface area contributed by atoms with Crippen molar-refractivity contribution >= 4 is 33.2 Å². The molecule has 0 amide bonds. The minimum atomic E-state index is -0.372. The maximum absolute atomic E-state index is 13.2. The zero-order chi connectivity index (χ0) is 18.5. The Labute approximate surface area is 148 Å². The number of pyridine rings is 2. The van der Waals surface area contributed by atoms with Gasteiger partial charge in [0.15, 0.2) is 0 Å². The predicted molar refractivity (Wildman–Crippen MR) is 101 cm³/mol. The predicted octanol–water partition coefficient (Wildman–Crippen LogP) is 4.08. The third kappa shape index (κ3) is 3.52. The second kappa shape index (κ2) is 7.71. The highest BCUT2D eigenvalue weighted by Crippen LogP contribution is 2.24. The number of hydrogen-bond acceptors (Lipinski definition) is 5. The van der Waals surface area contributed by atoms with Gasteiger partial charge >= 0.3 is 0 Å². The minimum absolute atomic E-state index is 0.247. The molecule has 0 aliphatic carbocycles. The minimum Gasteiger partial charge on any atom is -0.385 e. The Morgan fingerprint density at radius 2 is 1.62 bits per heavy atom. The van der Waals surface area contributed by atoms with Gasteiger partial charge in [0.25, 0.3) is 0 Å². The van der Waals surface area contributed by atoms with E-state index < -0.39 is 0 Å². The zero-order valence-electron chi connectivity index (χ0n) is 14.0. The number of nitrogens with two attached hydrogens (primary N) is 1. The molecule has 2 heterocycles. The monoisotopic (exact) mass is 353 g/mol. The number of hydrogen-bond donors (Lipinski definition) is 3. The van der Waals surface area contributed by atoms with E-state index in [0.717, 1.165) is 21.8 Å². The van der Waals surface area contributed by atoms with Crippen molar-refractivity contribution in [1.82, 2.24) is 9.97 Å². The zero-order valence-corrected chi connectivity index (χ0v) is 14.0. The van der Waals surface area contributed by atoms with Crippen molar-refractivity contribution in [2.24, 2.45) is 5.84 Å². The highest BCUT2D eigenvalue weighted by atomic mass is 19.1. The molecule has 0 bridgehead atoms. The third-order valence-corrected chi connectivity index (χ3v) is 3.83. The maximum Gasteiger partial charge on any atom is 0.148 e. The molecule has 0 aliphatic heterocycles. The van der Waals surface area contributed by atoms with Crippen LogP contribution in [-0.4, -0.2) is 17.0 Å². The molecule has 2 aromatic heterocycles. The number of nitrogen functional groups attached to an aromatic ring is 1. The lowest BCUT2D eigenvalue weighted by Gasteiger charge is -2.05. The lowest BCUT2D eigenvalue weighted by molar-refractivity contribution is 0.632. The van der Waals surface area contributed by atoms with Crippen LogP contribution in [-0.2, 0) is 0 Å². The second-order valence-electron chi connectivity index (χ2n) is 5.41. The SMILES string of the molecule is CNc1c(F)ccc2ncccc12.NNc1cc2ncccc2cc1F. The fourth-order valence-electron chi connectivity index (χ4n) is 2.58. The van der Waals surface area contributed by atoms with Crippen molar-refractivity contribution in [3.8, 4) is 0 Å². The molecular formula is C19H17F2N5. The third-order valence-electron chi connectivity index (χ3n) is 3.83. The quantitative estimate of drug-likeness (QED) is 0.374. The summed E-state index contributed by atoms with van der Waals surface area (Å²) in [6.45, 7) is 0. The summed E-state index contributed by atoms with van der Waals surface area (Å²) in [7, 11) is 1.70. The Morgan fingerprint density at radius 1 is 0.885 bits per heavy atom. The molecule has 0 atom stereocenters. The Kier molecular flexibility index (Phi) is 5.19. The molecule has 4 aromatic rings. The van der Waals surface area contributed by atoms with Crippen LogP contribution in [0.3, 0.4) is 0 Å². The van der Waals surface area contributed by atoms with Crippen LogP contribution in [0.2, 0.25) is 0 Å². The van der Waals surface area contributed by atoms with Crippen molar-refractivity contribution < 1.29 is 8.78 Å². The van der Waals surface area contributed by atoms with Crippen molar-refractivity contribution in [2.75, 3.05) is 17.8 Å².